The minimum atomic E-state index is -3.57. The van der Waals surface area contributed by atoms with Gasteiger partial charge in [0.1, 0.15) is 5.75 Å². The van der Waals surface area contributed by atoms with Crippen LogP contribution in [-0.2, 0) is 31.5 Å². The molecule has 0 aliphatic carbocycles. The first-order chi connectivity index (χ1) is 15.1. The number of piperidine rings is 1. The van der Waals surface area contributed by atoms with Crippen molar-refractivity contribution in [3.05, 3.63) is 65.7 Å². The monoisotopic (exact) mass is 459 g/mol. The first kappa shape index (κ1) is 24.3. The summed E-state index contributed by atoms with van der Waals surface area (Å²) in [5.41, 5.74) is 2.08. The Bertz CT molecular complexity index is 1020. The predicted octanol–water partition coefficient (Wildman–Crippen LogP) is 3.66. The van der Waals surface area contributed by atoms with Gasteiger partial charge in [-0.3, -0.25) is 4.79 Å². The maximum Gasteiger partial charge on any atom is 0.310 e. The molecule has 2 aromatic carbocycles. The van der Waals surface area contributed by atoms with Crippen LogP contribution in [0.5, 0.6) is 5.75 Å². The average Bonchev–Trinajstić information content (AvgIpc) is 2.75. The number of nitrogens with zero attached hydrogens (tertiary/aromatic N) is 1. The van der Waals surface area contributed by atoms with Crippen LogP contribution in [-0.4, -0.2) is 52.3 Å². The Balaban J connectivity index is 1.71. The number of carbonyl (C=O) groups is 1. The second-order valence-corrected chi connectivity index (χ2v) is 10.6. The zero-order valence-corrected chi connectivity index (χ0v) is 20.1. The fourth-order valence-corrected chi connectivity index (χ4v) is 5.04. The summed E-state index contributed by atoms with van der Waals surface area (Å²) >= 11 is 0. The molecule has 0 amide bonds. The van der Waals surface area contributed by atoms with Crippen molar-refractivity contribution in [2.45, 2.75) is 32.1 Å². The number of hydrogen-bond donors (Lipinski definition) is 0. The molecule has 7 heteroatoms. The molecule has 1 fully saturated rings. The highest BCUT2D eigenvalue weighted by Gasteiger charge is 2.39. The molecule has 1 aliphatic rings. The van der Waals surface area contributed by atoms with Gasteiger partial charge in [-0.05, 0) is 54.0 Å². The maximum atomic E-state index is 12.5. The first-order valence-corrected chi connectivity index (χ1v) is 12.8. The Morgan fingerprint density at radius 3 is 2.53 bits per heavy atom. The Morgan fingerprint density at radius 1 is 1.19 bits per heavy atom. The molecule has 3 unspecified atom stereocenters. The SMILES string of the molecule is COC(=O)C(Cc1ccccc1)CN1CCC(C)(c2cccc(OS(C)(=O)=O)c2)C(C)C1. The zero-order chi connectivity index (χ0) is 23.4. The van der Waals surface area contributed by atoms with Crippen molar-refractivity contribution in [3.8, 4) is 5.75 Å². The van der Waals surface area contributed by atoms with Crippen molar-refractivity contribution < 1.29 is 22.1 Å². The van der Waals surface area contributed by atoms with Gasteiger partial charge in [-0.2, -0.15) is 8.42 Å². The molecule has 0 aromatic heterocycles. The van der Waals surface area contributed by atoms with E-state index in [-0.39, 0.29) is 17.3 Å². The van der Waals surface area contributed by atoms with Crippen LogP contribution in [0.1, 0.15) is 31.4 Å². The molecule has 0 N–H and O–H groups in total. The second-order valence-electron chi connectivity index (χ2n) is 9.05. The van der Waals surface area contributed by atoms with E-state index < -0.39 is 10.1 Å². The summed E-state index contributed by atoms with van der Waals surface area (Å²) in [6, 6.07) is 17.4. The largest absolute Gasteiger partial charge is 0.469 e. The van der Waals surface area contributed by atoms with Gasteiger partial charge in [0.2, 0.25) is 0 Å². The van der Waals surface area contributed by atoms with Crippen LogP contribution in [0.4, 0.5) is 0 Å². The van der Waals surface area contributed by atoms with Gasteiger partial charge in [0.25, 0.3) is 0 Å². The average molecular weight is 460 g/mol. The van der Waals surface area contributed by atoms with Gasteiger partial charge in [0.15, 0.2) is 0 Å². The van der Waals surface area contributed by atoms with Crippen molar-refractivity contribution in [2.24, 2.45) is 11.8 Å². The molecule has 0 spiro atoms. The topological polar surface area (TPSA) is 72.9 Å². The number of likely N-dealkylation sites (tertiary alicyclic amines) is 1. The molecule has 3 rings (SSSR count). The number of carbonyl (C=O) groups excluding carboxylic acids is 1. The Hall–Kier alpha value is -2.38. The van der Waals surface area contributed by atoms with Crippen LogP contribution in [0.2, 0.25) is 0 Å². The Kier molecular flexibility index (Phi) is 7.62. The van der Waals surface area contributed by atoms with Crippen LogP contribution in [0, 0.1) is 11.8 Å². The van der Waals surface area contributed by atoms with E-state index in [1.165, 1.54) is 7.11 Å². The molecular weight excluding hydrogens is 426 g/mol. The van der Waals surface area contributed by atoms with Gasteiger partial charge in [-0.15, -0.1) is 0 Å². The smallest absolute Gasteiger partial charge is 0.310 e. The summed E-state index contributed by atoms with van der Waals surface area (Å²) in [6.45, 7) is 6.77. The van der Waals surface area contributed by atoms with E-state index in [1.807, 2.05) is 48.5 Å². The van der Waals surface area contributed by atoms with Gasteiger partial charge in [0, 0.05) is 13.1 Å². The van der Waals surface area contributed by atoms with E-state index in [0.29, 0.717) is 24.6 Å². The molecule has 0 radical (unpaired) electrons. The van der Waals surface area contributed by atoms with Gasteiger partial charge < -0.3 is 13.8 Å². The second kappa shape index (κ2) is 10.0. The number of hydrogen-bond acceptors (Lipinski definition) is 6. The quantitative estimate of drug-likeness (QED) is 0.443. The lowest BCUT2D eigenvalue weighted by Gasteiger charge is -2.45. The van der Waals surface area contributed by atoms with E-state index in [1.54, 1.807) is 6.07 Å². The molecule has 2 aromatic rings. The molecule has 3 atom stereocenters. The lowest BCUT2D eigenvalue weighted by molar-refractivity contribution is -0.146. The van der Waals surface area contributed by atoms with Gasteiger partial charge >= 0.3 is 16.1 Å². The summed E-state index contributed by atoms with van der Waals surface area (Å²) < 4.78 is 33.2. The van der Waals surface area contributed by atoms with Gasteiger partial charge in [-0.25, -0.2) is 0 Å². The lowest BCUT2D eigenvalue weighted by Crippen LogP contribution is -2.49. The van der Waals surface area contributed by atoms with Crippen LogP contribution >= 0.6 is 0 Å². The highest BCUT2D eigenvalue weighted by Crippen LogP contribution is 2.40. The number of benzene rings is 2. The van der Waals surface area contributed by atoms with E-state index in [2.05, 4.69) is 18.7 Å². The van der Waals surface area contributed by atoms with Crippen molar-refractivity contribution in [1.82, 2.24) is 4.90 Å². The summed E-state index contributed by atoms with van der Waals surface area (Å²) in [4.78, 5) is 14.8. The van der Waals surface area contributed by atoms with Crippen LogP contribution in [0.25, 0.3) is 0 Å². The fraction of sp³-hybridized carbons (Fsp3) is 0.480. The van der Waals surface area contributed by atoms with Crippen LogP contribution in [0.3, 0.4) is 0 Å². The van der Waals surface area contributed by atoms with E-state index in [4.69, 9.17) is 8.92 Å². The maximum absolute atomic E-state index is 12.5. The highest BCUT2D eigenvalue weighted by molar-refractivity contribution is 7.86. The molecule has 1 saturated heterocycles. The summed E-state index contributed by atoms with van der Waals surface area (Å²) in [5, 5.41) is 0. The van der Waals surface area contributed by atoms with Crippen molar-refractivity contribution in [2.75, 3.05) is 33.0 Å². The van der Waals surface area contributed by atoms with E-state index >= 15 is 0 Å². The van der Waals surface area contributed by atoms with E-state index in [0.717, 1.165) is 36.9 Å². The number of methoxy groups -OCH3 is 1. The molecule has 1 heterocycles. The predicted molar refractivity (Wildman–Crippen MR) is 125 cm³/mol. The summed E-state index contributed by atoms with van der Waals surface area (Å²) in [6.07, 6.45) is 2.60. The molecule has 174 valence electrons. The first-order valence-electron chi connectivity index (χ1n) is 10.9. The fourth-order valence-electron chi connectivity index (χ4n) is 4.59. The molecule has 0 saturated carbocycles. The van der Waals surface area contributed by atoms with Crippen molar-refractivity contribution in [1.29, 1.82) is 0 Å². The summed E-state index contributed by atoms with van der Waals surface area (Å²) in [5.74, 6) is 0.250. The number of rotatable bonds is 8. The van der Waals surface area contributed by atoms with Gasteiger partial charge in [-0.1, -0.05) is 56.3 Å². The van der Waals surface area contributed by atoms with Crippen molar-refractivity contribution in [3.63, 3.8) is 0 Å². The van der Waals surface area contributed by atoms with Crippen LogP contribution in [0.15, 0.2) is 54.6 Å². The van der Waals surface area contributed by atoms with Crippen molar-refractivity contribution >= 4 is 16.1 Å². The number of ether oxygens (including phenoxy) is 1. The zero-order valence-electron chi connectivity index (χ0n) is 19.3. The molecule has 32 heavy (non-hydrogen) atoms. The number of esters is 1. The minimum absolute atomic E-state index is 0.117. The summed E-state index contributed by atoms with van der Waals surface area (Å²) in [7, 11) is -2.12. The third-order valence-corrected chi connectivity index (χ3v) is 7.14. The highest BCUT2D eigenvalue weighted by atomic mass is 32.2. The minimum Gasteiger partial charge on any atom is -0.469 e. The molecular formula is C25H33NO5S. The lowest BCUT2D eigenvalue weighted by atomic mass is 9.68. The van der Waals surface area contributed by atoms with Gasteiger partial charge in [0.05, 0.1) is 19.3 Å². The van der Waals surface area contributed by atoms with E-state index in [9.17, 15) is 13.2 Å². The van der Waals surface area contributed by atoms with Crippen LogP contribution < -0.4 is 4.18 Å². The third-order valence-electron chi connectivity index (χ3n) is 6.65. The molecule has 0 bridgehead atoms. The Labute approximate surface area is 191 Å². The molecule has 1 aliphatic heterocycles. The molecule has 6 nitrogen and oxygen atoms in total. The normalized spacial score (nSPS) is 22.8. The Morgan fingerprint density at radius 2 is 1.91 bits per heavy atom. The standard InChI is InChI=1S/C25H33NO5S/c1-19-17-26(18-21(24(27)30-3)15-20-9-6-5-7-10-20)14-13-25(19,2)22-11-8-12-23(16-22)31-32(4,28)29/h5-12,16,19,21H,13-15,17-18H2,1-4H3. The third kappa shape index (κ3) is 6.11.